The maximum absolute atomic E-state index is 5.40. The zero-order valence-electron chi connectivity index (χ0n) is 12.9. The van der Waals surface area contributed by atoms with Crippen molar-refractivity contribution in [1.82, 2.24) is 10.3 Å². The molecule has 1 aliphatic carbocycles. The molecule has 1 N–H and O–H groups in total. The quantitative estimate of drug-likeness (QED) is 0.907. The van der Waals surface area contributed by atoms with Crippen LogP contribution in [0.2, 0.25) is 0 Å². The van der Waals surface area contributed by atoms with Crippen molar-refractivity contribution < 1.29 is 4.74 Å². The minimum absolute atomic E-state index is 0.832. The number of aromatic nitrogens is 1. The van der Waals surface area contributed by atoms with Gasteiger partial charge in [-0.25, -0.2) is 4.98 Å². The number of benzene rings is 1. The van der Waals surface area contributed by atoms with Gasteiger partial charge in [-0.05, 0) is 43.4 Å². The Morgan fingerprint density at radius 2 is 2.14 bits per heavy atom. The Morgan fingerprint density at radius 1 is 1.24 bits per heavy atom. The van der Waals surface area contributed by atoms with Crippen LogP contribution in [0, 0.1) is 11.8 Å². The van der Waals surface area contributed by atoms with Gasteiger partial charge in [0.05, 0.1) is 12.8 Å². The van der Waals surface area contributed by atoms with E-state index in [1.807, 2.05) is 12.1 Å². The number of para-hydroxylation sites is 1. The summed E-state index contributed by atoms with van der Waals surface area (Å²) in [6.07, 6.45) is 4.12. The van der Waals surface area contributed by atoms with Crippen LogP contribution in [0.5, 0.6) is 5.75 Å². The van der Waals surface area contributed by atoms with Crippen molar-refractivity contribution in [2.24, 2.45) is 11.8 Å². The smallest absolute Gasteiger partial charge is 0.145 e. The highest BCUT2D eigenvalue weighted by atomic mass is 16.5. The van der Waals surface area contributed by atoms with Crippen molar-refractivity contribution in [3.63, 3.8) is 0 Å². The van der Waals surface area contributed by atoms with Gasteiger partial charge in [0, 0.05) is 11.9 Å². The van der Waals surface area contributed by atoms with Gasteiger partial charge < -0.3 is 10.1 Å². The fourth-order valence-electron chi connectivity index (χ4n) is 3.34. The van der Waals surface area contributed by atoms with E-state index in [-0.39, 0.29) is 0 Å². The number of nitrogens with zero attached hydrogens (tertiary/aromatic N) is 1. The summed E-state index contributed by atoms with van der Waals surface area (Å²) in [4.78, 5) is 4.74. The van der Waals surface area contributed by atoms with Gasteiger partial charge >= 0.3 is 0 Å². The van der Waals surface area contributed by atoms with Crippen molar-refractivity contribution in [3.05, 3.63) is 36.0 Å². The molecule has 0 bridgehead atoms. The molecule has 3 nitrogen and oxygen atoms in total. The van der Waals surface area contributed by atoms with Gasteiger partial charge in [-0.2, -0.15) is 0 Å². The Morgan fingerprint density at radius 3 is 2.90 bits per heavy atom. The van der Waals surface area contributed by atoms with Crippen LogP contribution >= 0.6 is 0 Å². The van der Waals surface area contributed by atoms with Gasteiger partial charge in [0.15, 0.2) is 0 Å². The summed E-state index contributed by atoms with van der Waals surface area (Å²) in [7, 11) is 1.70. The van der Waals surface area contributed by atoms with Crippen LogP contribution in [0.25, 0.3) is 10.9 Å². The van der Waals surface area contributed by atoms with Crippen molar-refractivity contribution in [1.29, 1.82) is 0 Å². The zero-order valence-corrected chi connectivity index (χ0v) is 12.9. The first kappa shape index (κ1) is 14.3. The van der Waals surface area contributed by atoms with E-state index >= 15 is 0 Å². The van der Waals surface area contributed by atoms with E-state index in [9.17, 15) is 0 Å². The summed E-state index contributed by atoms with van der Waals surface area (Å²) in [6, 6.07) is 10.3. The van der Waals surface area contributed by atoms with Crippen molar-refractivity contribution in [2.75, 3.05) is 13.7 Å². The fraction of sp³-hybridized carbons (Fsp3) is 0.500. The van der Waals surface area contributed by atoms with E-state index in [1.54, 1.807) is 7.11 Å². The van der Waals surface area contributed by atoms with Gasteiger partial charge in [0.2, 0.25) is 0 Å². The molecule has 2 aromatic rings. The minimum atomic E-state index is 0.832. The zero-order chi connectivity index (χ0) is 14.7. The monoisotopic (exact) mass is 284 g/mol. The molecule has 0 amide bonds. The fourth-order valence-corrected chi connectivity index (χ4v) is 3.34. The Labute approximate surface area is 126 Å². The third kappa shape index (κ3) is 3.35. The highest BCUT2D eigenvalue weighted by Crippen LogP contribution is 2.29. The third-order valence-electron chi connectivity index (χ3n) is 4.50. The highest BCUT2D eigenvalue weighted by Gasteiger charge is 2.20. The molecule has 2 atom stereocenters. The van der Waals surface area contributed by atoms with Gasteiger partial charge in [-0.15, -0.1) is 0 Å². The maximum Gasteiger partial charge on any atom is 0.145 e. The van der Waals surface area contributed by atoms with E-state index in [2.05, 4.69) is 30.4 Å². The van der Waals surface area contributed by atoms with E-state index < -0.39 is 0 Å². The van der Waals surface area contributed by atoms with Gasteiger partial charge in [-0.1, -0.05) is 31.5 Å². The van der Waals surface area contributed by atoms with E-state index in [4.69, 9.17) is 9.72 Å². The molecule has 3 rings (SSSR count). The summed E-state index contributed by atoms with van der Waals surface area (Å²) >= 11 is 0. The van der Waals surface area contributed by atoms with Crippen LogP contribution in [-0.4, -0.2) is 18.6 Å². The molecule has 1 saturated carbocycles. The molecule has 1 heterocycles. The molecule has 0 radical (unpaired) electrons. The first-order valence-electron chi connectivity index (χ1n) is 7.89. The summed E-state index contributed by atoms with van der Waals surface area (Å²) in [6.45, 7) is 4.30. The van der Waals surface area contributed by atoms with E-state index in [0.29, 0.717) is 0 Å². The minimum Gasteiger partial charge on any atom is -0.494 e. The van der Waals surface area contributed by atoms with Crippen LogP contribution < -0.4 is 10.1 Å². The van der Waals surface area contributed by atoms with Crippen molar-refractivity contribution in [3.8, 4) is 5.75 Å². The van der Waals surface area contributed by atoms with Crippen LogP contribution in [0.3, 0.4) is 0 Å². The standard InChI is InChI=1S/C18H24N2O/c1-13-6-7-14(10-13)11-19-12-16-9-8-15-4-3-5-17(21-2)18(15)20-16/h3-5,8-9,13-14,19H,6-7,10-12H2,1-2H3. The average molecular weight is 284 g/mol. The molecule has 0 spiro atoms. The summed E-state index contributed by atoms with van der Waals surface area (Å²) in [5.41, 5.74) is 2.03. The summed E-state index contributed by atoms with van der Waals surface area (Å²) in [5, 5.41) is 4.69. The Bertz CT molecular complexity index is 611. The second-order valence-electron chi connectivity index (χ2n) is 6.25. The second-order valence-corrected chi connectivity index (χ2v) is 6.25. The highest BCUT2D eigenvalue weighted by molar-refractivity contribution is 5.84. The molecule has 1 aromatic heterocycles. The topological polar surface area (TPSA) is 34.1 Å². The molecule has 2 unspecified atom stereocenters. The lowest BCUT2D eigenvalue weighted by molar-refractivity contribution is 0.418. The number of hydrogen-bond acceptors (Lipinski definition) is 3. The predicted octanol–water partition coefficient (Wildman–Crippen LogP) is 3.77. The third-order valence-corrected chi connectivity index (χ3v) is 4.50. The van der Waals surface area contributed by atoms with Crippen molar-refractivity contribution in [2.45, 2.75) is 32.7 Å². The lowest BCUT2D eigenvalue weighted by Crippen LogP contribution is -2.21. The number of methoxy groups -OCH3 is 1. The number of nitrogens with one attached hydrogen (secondary N) is 1. The molecule has 3 heteroatoms. The number of pyridine rings is 1. The lowest BCUT2D eigenvalue weighted by atomic mass is 10.1. The number of hydrogen-bond donors (Lipinski definition) is 1. The molecule has 1 fully saturated rings. The van der Waals surface area contributed by atoms with Crippen LogP contribution in [-0.2, 0) is 6.54 Å². The van der Waals surface area contributed by atoms with Gasteiger partial charge in [0.25, 0.3) is 0 Å². The molecule has 0 saturated heterocycles. The maximum atomic E-state index is 5.40. The second kappa shape index (κ2) is 6.44. The van der Waals surface area contributed by atoms with E-state index in [1.165, 1.54) is 19.3 Å². The Hall–Kier alpha value is -1.61. The summed E-state index contributed by atoms with van der Waals surface area (Å²) in [5.74, 6) is 2.59. The Balaban J connectivity index is 1.64. The first-order chi connectivity index (χ1) is 10.3. The predicted molar refractivity (Wildman–Crippen MR) is 86.5 cm³/mol. The van der Waals surface area contributed by atoms with E-state index in [0.717, 1.165) is 47.3 Å². The molecule has 1 aliphatic rings. The summed E-state index contributed by atoms with van der Waals surface area (Å²) < 4.78 is 5.40. The Kier molecular flexibility index (Phi) is 4.39. The van der Waals surface area contributed by atoms with Crippen LogP contribution in [0.4, 0.5) is 0 Å². The average Bonchev–Trinajstić information content (AvgIpc) is 2.92. The lowest BCUT2D eigenvalue weighted by Gasteiger charge is -2.11. The number of fused-ring (bicyclic) bond motifs is 1. The van der Waals surface area contributed by atoms with Gasteiger partial charge in [0.1, 0.15) is 11.3 Å². The molecule has 112 valence electrons. The van der Waals surface area contributed by atoms with Gasteiger partial charge in [-0.3, -0.25) is 0 Å². The molecule has 0 aliphatic heterocycles. The molecule has 21 heavy (non-hydrogen) atoms. The number of rotatable bonds is 5. The van der Waals surface area contributed by atoms with Crippen LogP contribution in [0.15, 0.2) is 30.3 Å². The molecule has 1 aromatic carbocycles. The molecular formula is C18H24N2O. The molecular weight excluding hydrogens is 260 g/mol. The number of ether oxygens (including phenoxy) is 1. The normalized spacial score (nSPS) is 21.8. The SMILES string of the molecule is COc1cccc2ccc(CNCC3CCC(C)C3)nc12. The van der Waals surface area contributed by atoms with Crippen LogP contribution in [0.1, 0.15) is 31.9 Å². The first-order valence-corrected chi connectivity index (χ1v) is 7.89. The largest absolute Gasteiger partial charge is 0.494 e. The van der Waals surface area contributed by atoms with Crippen molar-refractivity contribution >= 4 is 10.9 Å².